The number of halogens is 1. The molecule has 0 aliphatic rings. The van der Waals surface area contributed by atoms with E-state index in [9.17, 15) is 0 Å². The summed E-state index contributed by atoms with van der Waals surface area (Å²) in [7, 11) is 3.40. The van der Waals surface area contributed by atoms with Gasteiger partial charge in [-0.25, -0.2) is 4.98 Å². The molecule has 178 valence electrons. The zero-order chi connectivity index (χ0) is 22.8. The first kappa shape index (κ1) is 26.5. The molecule has 2 aromatic carbocycles. The number of guanidine groups is 1. The quantitative estimate of drug-likeness (QED) is 0.157. The number of ether oxygens (including phenoxy) is 2. The van der Waals surface area contributed by atoms with Gasteiger partial charge in [-0.05, 0) is 44.4 Å². The van der Waals surface area contributed by atoms with E-state index in [4.69, 9.17) is 13.9 Å². The van der Waals surface area contributed by atoms with E-state index in [0.717, 1.165) is 42.2 Å². The maximum atomic E-state index is 5.86. The van der Waals surface area contributed by atoms with Crippen LogP contribution >= 0.6 is 24.0 Å². The van der Waals surface area contributed by atoms with Gasteiger partial charge in [-0.15, -0.1) is 24.0 Å². The molecule has 1 aromatic heterocycles. The van der Waals surface area contributed by atoms with E-state index in [2.05, 4.69) is 45.7 Å². The van der Waals surface area contributed by atoms with E-state index in [1.165, 1.54) is 11.1 Å². The molecule has 0 spiro atoms. The number of rotatable bonds is 10. The molecule has 0 saturated heterocycles. The molecule has 7 nitrogen and oxygen atoms in total. The Morgan fingerprint density at radius 1 is 1.09 bits per heavy atom. The number of methoxy groups -OCH3 is 1. The number of nitrogens with one attached hydrogen (secondary N) is 2. The molecule has 1 heterocycles. The summed E-state index contributed by atoms with van der Waals surface area (Å²) in [6.07, 6.45) is 3.63. The monoisotopic (exact) mass is 564 g/mol. The third-order valence-electron chi connectivity index (χ3n) is 4.98. The maximum absolute atomic E-state index is 5.86. The molecule has 8 heteroatoms. The lowest BCUT2D eigenvalue weighted by atomic mass is 10.1. The Morgan fingerprint density at radius 2 is 1.88 bits per heavy atom. The molecule has 0 radical (unpaired) electrons. The predicted molar refractivity (Wildman–Crippen MR) is 143 cm³/mol. The van der Waals surface area contributed by atoms with Crippen LogP contribution in [0.2, 0.25) is 0 Å². The molecule has 3 rings (SSSR count). The van der Waals surface area contributed by atoms with Crippen molar-refractivity contribution in [3.8, 4) is 22.8 Å². The maximum Gasteiger partial charge on any atom is 0.214 e. The summed E-state index contributed by atoms with van der Waals surface area (Å²) < 4.78 is 16.9. The third kappa shape index (κ3) is 7.96. The average Bonchev–Trinajstić information content (AvgIpc) is 3.28. The second-order valence-corrected chi connectivity index (χ2v) is 7.36. The number of hydrogen-bond donors (Lipinski definition) is 2. The van der Waals surface area contributed by atoms with E-state index >= 15 is 0 Å². The van der Waals surface area contributed by atoms with Crippen molar-refractivity contribution in [2.75, 3.05) is 27.3 Å². The highest BCUT2D eigenvalue weighted by Crippen LogP contribution is 2.28. The Balaban J connectivity index is 0.00000385. The summed E-state index contributed by atoms with van der Waals surface area (Å²) >= 11 is 0. The van der Waals surface area contributed by atoms with Crippen molar-refractivity contribution in [2.45, 2.75) is 33.2 Å². The molecule has 0 fully saturated rings. The Kier molecular flexibility index (Phi) is 11.0. The fourth-order valence-corrected chi connectivity index (χ4v) is 3.27. The molecule has 0 saturated carbocycles. The minimum atomic E-state index is 0. The van der Waals surface area contributed by atoms with Crippen LogP contribution < -0.4 is 20.1 Å². The normalized spacial score (nSPS) is 11.0. The standard InChI is InChI=1S/C25H32N4O3.HI/c1-5-31-22-15-19(10-13-21(22)30-4)7-6-14-27-25(26-3)29-17-24-28-16-23(32-24)20-11-8-18(2)9-12-20;/h8-13,15-16H,5-7,14,17H2,1-4H3,(H2,26,27,29);1H. The highest BCUT2D eigenvalue weighted by atomic mass is 127. The van der Waals surface area contributed by atoms with Crippen LogP contribution in [0.4, 0.5) is 0 Å². The number of benzene rings is 2. The van der Waals surface area contributed by atoms with Crippen LogP contribution in [-0.2, 0) is 13.0 Å². The average molecular weight is 564 g/mol. The van der Waals surface area contributed by atoms with Crippen LogP contribution in [0.5, 0.6) is 11.5 Å². The molecule has 33 heavy (non-hydrogen) atoms. The smallest absolute Gasteiger partial charge is 0.214 e. The van der Waals surface area contributed by atoms with E-state index in [-0.39, 0.29) is 24.0 Å². The lowest BCUT2D eigenvalue weighted by Crippen LogP contribution is -2.37. The number of aromatic nitrogens is 1. The zero-order valence-electron chi connectivity index (χ0n) is 19.7. The first-order valence-electron chi connectivity index (χ1n) is 10.9. The van der Waals surface area contributed by atoms with Crippen molar-refractivity contribution in [1.29, 1.82) is 0 Å². The zero-order valence-corrected chi connectivity index (χ0v) is 22.0. The Morgan fingerprint density at radius 3 is 2.58 bits per heavy atom. The summed E-state index contributed by atoms with van der Waals surface area (Å²) in [5.74, 6) is 3.63. The number of hydrogen-bond acceptors (Lipinski definition) is 5. The predicted octanol–water partition coefficient (Wildman–Crippen LogP) is 4.97. The van der Waals surface area contributed by atoms with Gasteiger partial charge in [0.15, 0.2) is 23.2 Å². The summed E-state index contributed by atoms with van der Waals surface area (Å²) in [5.41, 5.74) is 3.44. The van der Waals surface area contributed by atoms with Crippen molar-refractivity contribution < 1.29 is 13.9 Å². The Hall–Kier alpha value is -2.75. The molecule has 0 aliphatic carbocycles. The Bertz CT molecular complexity index is 1020. The van der Waals surface area contributed by atoms with Crippen molar-refractivity contribution in [1.82, 2.24) is 15.6 Å². The highest BCUT2D eigenvalue weighted by molar-refractivity contribution is 14.0. The molecule has 0 unspecified atom stereocenters. The molecule has 2 N–H and O–H groups in total. The summed E-state index contributed by atoms with van der Waals surface area (Å²) in [6, 6.07) is 14.3. The largest absolute Gasteiger partial charge is 0.493 e. The van der Waals surface area contributed by atoms with Crippen molar-refractivity contribution in [2.24, 2.45) is 4.99 Å². The van der Waals surface area contributed by atoms with Gasteiger partial charge in [0.2, 0.25) is 5.89 Å². The van der Waals surface area contributed by atoms with Crippen LogP contribution in [0.25, 0.3) is 11.3 Å². The molecule has 3 aromatic rings. The molecule has 0 amide bonds. The molecule has 0 aliphatic heterocycles. The van der Waals surface area contributed by atoms with Crippen molar-refractivity contribution in [3.63, 3.8) is 0 Å². The highest BCUT2D eigenvalue weighted by Gasteiger charge is 2.08. The minimum Gasteiger partial charge on any atom is -0.493 e. The molecule has 0 atom stereocenters. The fraction of sp³-hybridized carbons (Fsp3) is 0.360. The molecule has 0 bridgehead atoms. The van der Waals surface area contributed by atoms with Gasteiger partial charge >= 0.3 is 0 Å². The lowest BCUT2D eigenvalue weighted by molar-refractivity contribution is 0.310. The summed E-state index contributed by atoms with van der Waals surface area (Å²) in [4.78, 5) is 8.63. The van der Waals surface area contributed by atoms with Gasteiger partial charge in [0.05, 0.1) is 26.5 Å². The summed E-state index contributed by atoms with van der Waals surface area (Å²) in [6.45, 7) is 5.89. The third-order valence-corrected chi connectivity index (χ3v) is 4.98. The van der Waals surface area contributed by atoms with Crippen molar-refractivity contribution in [3.05, 3.63) is 65.7 Å². The number of oxazole rings is 1. The Labute approximate surface area is 213 Å². The number of aliphatic imine (C=N–C) groups is 1. The molecular weight excluding hydrogens is 531 g/mol. The van der Waals surface area contributed by atoms with Gasteiger partial charge in [0.25, 0.3) is 0 Å². The van der Waals surface area contributed by atoms with Gasteiger partial charge in [0, 0.05) is 19.2 Å². The van der Waals surface area contributed by atoms with E-state index < -0.39 is 0 Å². The van der Waals surface area contributed by atoms with E-state index in [1.54, 1.807) is 20.4 Å². The van der Waals surface area contributed by atoms with Gasteiger partial charge in [-0.1, -0.05) is 35.9 Å². The first-order valence-corrected chi connectivity index (χ1v) is 10.9. The second kappa shape index (κ2) is 13.7. The van der Waals surface area contributed by atoms with E-state index in [0.29, 0.717) is 25.0 Å². The summed E-state index contributed by atoms with van der Waals surface area (Å²) in [5, 5.41) is 6.58. The van der Waals surface area contributed by atoms with Crippen LogP contribution in [-0.4, -0.2) is 38.3 Å². The lowest BCUT2D eigenvalue weighted by Gasteiger charge is -2.12. The van der Waals surface area contributed by atoms with E-state index in [1.807, 2.05) is 31.2 Å². The minimum absolute atomic E-state index is 0. The first-order chi connectivity index (χ1) is 15.6. The molecular formula is C25H33IN4O3. The van der Waals surface area contributed by atoms with Crippen LogP contribution in [0, 0.1) is 6.92 Å². The van der Waals surface area contributed by atoms with Gasteiger partial charge < -0.3 is 24.5 Å². The number of aryl methyl sites for hydroxylation is 2. The van der Waals surface area contributed by atoms with Gasteiger partial charge in [-0.2, -0.15) is 0 Å². The fourth-order valence-electron chi connectivity index (χ4n) is 3.27. The topological polar surface area (TPSA) is 80.9 Å². The van der Waals surface area contributed by atoms with Crippen LogP contribution in [0.15, 0.2) is 58.1 Å². The second-order valence-electron chi connectivity index (χ2n) is 7.36. The van der Waals surface area contributed by atoms with Gasteiger partial charge in [0.1, 0.15) is 0 Å². The SMILES string of the molecule is CCOc1cc(CCCNC(=NC)NCc2ncc(-c3ccc(C)cc3)o2)ccc1OC.I. The number of nitrogens with zero attached hydrogens (tertiary/aromatic N) is 2. The van der Waals surface area contributed by atoms with Gasteiger partial charge in [-0.3, -0.25) is 4.99 Å². The van der Waals surface area contributed by atoms with Crippen LogP contribution in [0.1, 0.15) is 30.4 Å². The van der Waals surface area contributed by atoms with Crippen molar-refractivity contribution >= 4 is 29.9 Å². The van der Waals surface area contributed by atoms with Crippen LogP contribution in [0.3, 0.4) is 0 Å².